The highest BCUT2D eigenvalue weighted by atomic mass is 32.1. The molecule has 6 heteroatoms. The van der Waals surface area contributed by atoms with Gasteiger partial charge in [0.2, 0.25) is 0 Å². The maximum Gasteiger partial charge on any atom is 0.331 e. The van der Waals surface area contributed by atoms with Crippen LogP contribution in [0.4, 0.5) is 0 Å². The van der Waals surface area contributed by atoms with E-state index in [9.17, 15) is 14.4 Å². The molecule has 0 bridgehead atoms. The summed E-state index contributed by atoms with van der Waals surface area (Å²) in [4.78, 5) is 36.8. The van der Waals surface area contributed by atoms with E-state index in [0.29, 0.717) is 4.88 Å². The zero-order valence-electron chi connectivity index (χ0n) is 10.0. The number of Topliss-reactive ketones (excluding diaryl/α,β-unsaturated/α-hetero) is 1. The third-order valence-electron chi connectivity index (χ3n) is 2.56. The number of ketones is 1. The van der Waals surface area contributed by atoms with Crippen LogP contribution in [0.15, 0.2) is 34.0 Å². The van der Waals surface area contributed by atoms with E-state index in [4.69, 9.17) is 0 Å². The molecule has 5 nitrogen and oxygen atoms in total. The summed E-state index contributed by atoms with van der Waals surface area (Å²) in [5.74, 6) is -0.224. The predicted molar refractivity (Wildman–Crippen MR) is 69.3 cm³/mol. The lowest BCUT2D eigenvalue weighted by atomic mass is 10.3. The molecule has 94 valence electrons. The van der Waals surface area contributed by atoms with Crippen LogP contribution in [0.25, 0.3) is 0 Å². The summed E-state index contributed by atoms with van der Waals surface area (Å²) in [5.41, 5.74) is -0.941. The van der Waals surface area contributed by atoms with E-state index in [1.807, 2.05) is 13.0 Å². The maximum absolute atomic E-state index is 11.9. The Morgan fingerprint density at radius 2 is 2.00 bits per heavy atom. The van der Waals surface area contributed by atoms with E-state index in [2.05, 4.69) is 0 Å². The van der Waals surface area contributed by atoms with Gasteiger partial charge in [-0.1, -0.05) is 0 Å². The van der Waals surface area contributed by atoms with Crippen LogP contribution in [-0.4, -0.2) is 14.9 Å². The molecule has 2 aromatic rings. The molecule has 2 rings (SSSR count). The van der Waals surface area contributed by atoms with Crippen molar-refractivity contribution in [2.75, 3.05) is 0 Å². The van der Waals surface area contributed by atoms with Gasteiger partial charge in [-0.3, -0.25) is 14.2 Å². The number of nitrogens with zero attached hydrogens (tertiary/aromatic N) is 2. The monoisotopic (exact) mass is 264 g/mol. The van der Waals surface area contributed by atoms with Crippen LogP contribution in [0.1, 0.15) is 14.5 Å². The van der Waals surface area contributed by atoms with E-state index in [1.165, 1.54) is 35.2 Å². The molecule has 0 saturated heterocycles. The van der Waals surface area contributed by atoms with E-state index >= 15 is 0 Å². The minimum Gasteiger partial charge on any atom is -0.303 e. The van der Waals surface area contributed by atoms with Crippen LogP contribution < -0.4 is 11.2 Å². The molecule has 0 aliphatic carbocycles. The first-order chi connectivity index (χ1) is 8.49. The third-order valence-corrected chi connectivity index (χ3v) is 3.60. The Morgan fingerprint density at radius 3 is 2.61 bits per heavy atom. The molecule has 0 N–H and O–H groups in total. The van der Waals surface area contributed by atoms with Crippen molar-refractivity contribution in [3.63, 3.8) is 0 Å². The predicted octanol–water partition coefficient (Wildman–Crippen LogP) is 0.800. The van der Waals surface area contributed by atoms with Crippen LogP contribution in [0.3, 0.4) is 0 Å². The van der Waals surface area contributed by atoms with Gasteiger partial charge >= 0.3 is 5.69 Å². The average Bonchev–Trinajstić information content (AvgIpc) is 2.76. The maximum atomic E-state index is 11.9. The number of aryl methyl sites for hydroxylation is 2. The summed E-state index contributed by atoms with van der Waals surface area (Å²) in [6, 6.07) is 4.82. The summed E-state index contributed by atoms with van der Waals surface area (Å²) in [6.45, 7) is 1.68. The van der Waals surface area contributed by atoms with Crippen molar-refractivity contribution in [3.05, 3.63) is 55.0 Å². The second-order valence-electron chi connectivity index (χ2n) is 3.97. The van der Waals surface area contributed by atoms with Gasteiger partial charge in [0, 0.05) is 24.2 Å². The number of thiophene rings is 1. The van der Waals surface area contributed by atoms with Crippen LogP contribution >= 0.6 is 11.3 Å². The molecule has 18 heavy (non-hydrogen) atoms. The van der Waals surface area contributed by atoms with Crippen molar-refractivity contribution >= 4 is 17.1 Å². The molecule has 0 radical (unpaired) electrons. The van der Waals surface area contributed by atoms with E-state index in [-0.39, 0.29) is 12.3 Å². The average molecular weight is 264 g/mol. The normalized spacial score (nSPS) is 10.6. The van der Waals surface area contributed by atoms with Gasteiger partial charge in [0.15, 0.2) is 5.78 Å². The number of rotatable bonds is 3. The molecule has 0 saturated carbocycles. The first-order valence-corrected chi connectivity index (χ1v) is 6.17. The van der Waals surface area contributed by atoms with E-state index in [0.717, 1.165) is 9.44 Å². The van der Waals surface area contributed by atoms with Gasteiger partial charge in [0.05, 0.1) is 11.4 Å². The van der Waals surface area contributed by atoms with E-state index in [1.54, 1.807) is 6.07 Å². The summed E-state index contributed by atoms with van der Waals surface area (Å²) in [6.07, 6.45) is 1.39. The molecular formula is C12H12N2O3S. The minimum atomic E-state index is -0.482. The van der Waals surface area contributed by atoms with Crippen molar-refractivity contribution in [1.29, 1.82) is 0 Å². The van der Waals surface area contributed by atoms with E-state index < -0.39 is 11.2 Å². The lowest BCUT2D eigenvalue weighted by Gasteiger charge is -2.04. The van der Waals surface area contributed by atoms with Gasteiger partial charge in [0.25, 0.3) is 5.56 Å². The lowest BCUT2D eigenvalue weighted by molar-refractivity contribution is 0.0972. The van der Waals surface area contributed by atoms with Crippen molar-refractivity contribution in [1.82, 2.24) is 9.13 Å². The Hall–Kier alpha value is -1.95. The fourth-order valence-corrected chi connectivity index (χ4v) is 2.36. The third kappa shape index (κ3) is 2.33. The fourth-order valence-electron chi connectivity index (χ4n) is 1.57. The van der Waals surface area contributed by atoms with Gasteiger partial charge in [-0.2, -0.15) is 0 Å². The van der Waals surface area contributed by atoms with Crippen LogP contribution in [0, 0.1) is 6.92 Å². The Morgan fingerprint density at radius 1 is 1.28 bits per heavy atom. The Kier molecular flexibility index (Phi) is 3.29. The largest absolute Gasteiger partial charge is 0.331 e. The zero-order valence-corrected chi connectivity index (χ0v) is 10.9. The molecule has 0 unspecified atom stereocenters. The SMILES string of the molecule is Cc1ccc(C(=O)Cn2c(=O)ccn(C)c2=O)s1. The van der Waals surface area contributed by atoms with Crippen molar-refractivity contribution < 1.29 is 4.79 Å². The van der Waals surface area contributed by atoms with Crippen molar-refractivity contribution in [3.8, 4) is 0 Å². The number of hydrogen-bond donors (Lipinski definition) is 0. The molecule has 0 atom stereocenters. The summed E-state index contributed by atoms with van der Waals surface area (Å²) in [7, 11) is 1.54. The Bertz CT molecular complexity index is 709. The first-order valence-electron chi connectivity index (χ1n) is 5.35. The zero-order chi connectivity index (χ0) is 13.3. The first kappa shape index (κ1) is 12.5. The molecule has 0 aliphatic rings. The van der Waals surface area contributed by atoms with Gasteiger partial charge in [-0.05, 0) is 19.1 Å². The number of aromatic nitrogens is 2. The van der Waals surface area contributed by atoms with Gasteiger partial charge in [0.1, 0.15) is 0 Å². The van der Waals surface area contributed by atoms with Gasteiger partial charge < -0.3 is 4.57 Å². The lowest BCUT2D eigenvalue weighted by Crippen LogP contribution is -2.39. The summed E-state index contributed by atoms with van der Waals surface area (Å²) in [5, 5.41) is 0. The van der Waals surface area contributed by atoms with Crippen molar-refractivity contribution in [2.45, 2.75) is 13.5 Å². The highest BCUT2D eigenvalue weighted by Gasteiger charge is 2.12. The standard InChI is InChI=1S/C12H12N2O3S/c1-8-3-4-10(18-8)9(15)7-14-11(16)5-6-13(2)12(14)17/h3-6H,7H2,1-2H3. The second-order valence-corrected chi connectivity index (χ2v) is 5.25. The molecule has 0 amide bonds. The number of hydrogen-bond acceptors (Lipinski definition) is 4. The molecule has 2 heterocycles. The molecule has 0 spiro atoms. The smallest absolute Gasteiger partial charge is 0.303 e. The highest BCUT2D eigenvalue weighted by molar-refractivity contribution is 7.14. The van der Waals surface area contributed by atoms with Gasteiger partial charge in [-0.15, -0.1) is 11.3 Å². The molecule has 2 aromatic heterocycles. The van der Waals surface area contributed by atoms with Crippen LogP contribution in [-0.2, 0) is 13.6 Å². The highest BCUT2D eigenvalue weighted by Crippen LogP contribution is 2.15. The minimum absolute atomic E-state index is 0.216. The molecule has 0 fully saturated rings. The molecule has 0 aliphatic heterocycles. The quantitative estimate of drug-likeness (QED) is 0.770. The fraction of sp³-hybridized carbons (Fsp3) is 0.250. The topological polar surface area (TPSA) is 61.1 Å². The Balaban J connectivity index is 2.36. The molecular weight excluding hydrogens is 252 g/mol. The number of carbonyl (C=O) groups excluding carboxylic acids is 1. The summed E-state index contributed by atoms with van der Waals surface area (Å²) < 4.78 is 2.21. The van der Waals surface area contributed by atoms with Crippen molar-refractivity contribution in [2.24, 2.45) is 7.05 Å². The second kappa shape index (κ2) is 4.73. The summed E-state index contributed by atoms with van der Waals surface area (Å²) >= 11 is 1.36. The Labute approximate surface area is 107 Å². The number of carbonyl (C=O) groups is 1. The molecule has 0 aromatic carbocycles. The van der Waals surface area contributed by atoms with Crippen LogP contribution in [0.2, 0.25) is 0 Å². The van der Waals surface area contributed by atoms with Crippen LogP contribution in [0.5, 0.6) is 0 Å². The van der Waals surface area contributed by atoms with Gasteiger partial charge in [-0.25, -0.2) is 4.79 Å².